The molecule has 0 atom stereocenters. The van der Waals surface area contributed by atoms with E-state index in [1.807, 2.05) is 0 Å². The first kappa shape index (κ1) is 13.8. The molecule has 0 aliphatic carbocycles. The van der Waals surface area contributed by atoms with Gasteiger partial charge in [0.2, 0.25) is 0 Å². The van der Waals surface area contributed by atoms with Crippen molar-refractivity contribution in [2.75, 3.05) is 13.2 Å². The first-order chi connectivity index (χ1) is 8.58. The van der Waals surface area contributed by atoms with E-state index < -0.39 is 11.9 Å². The van der Waals surface area contributed by atoms with Gasteiger partial charge in [0.1, 0.15) is 11.5 Å². The minimum atomic E-state index is -0.927. The number of carbonyl (C=O) groups is 2. The third kappa shape index (κ3) is 5.74. The molecular weight excluding hydrogens is 240 g/mol. The van der Waals surface area contributed by atoms with Gasteiger partial charge in [-0.1, -0.05) is 6.07 Å². The van der Waals surface area contributed by atoms with Crippen LogP contribution < -0.4 is 9.47 Å². The fraction of sp³-hybridized carbons (Fsp3) is 0.333. The number of aliphatic carboxylic acids is 2. The predicted molar refractivity (Wildman–Crippen MR) is 61.9 cm³/mol. The van der Waals surface area contributed by atoms with Crippen LogP contribution in [0, 0.1) is 0 Å². The van der Waals surface area contributed by atoms with Crippen LogP contribution in [0.15, 0.2) is 24.3 Å². The zero-order valence-corrected chi connectivity index (χ0v) is 9.67. The summed E-state index contributed by atoms with van der Waals surface area (Å²) in [7, 11) is 0. The minimum Gasteiger partial charge on any atom is -0.493 e. The summed E-state index contributed by atoms with van der Waals surface area (Å²) >= 11 is 0. The van der Waals surface area contributed by atoms with E-state index in [0.717, 1.165) is 0 Å². The zero-order chi connectivity index (χ0) is 13.4. The van der Waals surface area contributed by atoms with Crippen molar-refractivity contribution in [1.29, 1.82) is 0 Å². The molecule has 1 aromatic carbocycles. The third-order valence-corrected chi connectivity index (χ3v) is 1.97. The standard InChI is InChI=1S/C12H14O6/c13-11(14)4-6-17-9-2-1-3-10(8-9)18-7-5-12(15)16/h1-3,8H,4-7H2,(H,13,14)(H,15,16). The van der Waals surface area contributed by atoms with Gasteiger partial charge in [0.25, 0.3) is 0 Å². The van der Waals surface area contributed by atoms with Crippen LogP contribution in [0.4, 0.5) is 0 Å². The van der Waals surface area contributed by atoms with Gasteiger partial charge in [0.05, 0.1) is 26.1 Å². The highest BCUT2D eigenvalue weighted by molar-refractivity contribution is 5.67. The molecule has 0 fully saturated rings. The molecule has 0 unspecified atom stereocenters. The van der Waals surface area contributed by atoms with Crippen molar-refractivity contribution in [3.8, 4) is 11.5 Å². The summed E-state index contributed by atoms with van der Waals surface area (Å²) in [6, 6.07) is 6.62. The molecule has 6 nitrogen and oxygen atoms in total. The first-order valence-corrected chi connectivity index (χ1v) is 5.37. The van der Waals surface area contributed by atoms with Crippen LogP contribution in [0.25, 0.3) is 0 Å². The quantitative estimate of drug-likeness (QED) is 0.728. The molecule has 0 aliphatic rings. The highest BCUT2D eigenvalue weighted by atomic mass is 16.5. The van der Waals surface area contributed by atoms with Gasteiger partial charge in [-0.15, -0.1) is 0 Å². The van der Waals surface area contributed by atoms with Gasteiger partial charge < -0.3 is 19.7 Å². The molecule has 2 N–H and O–H groups in total. The van der Waals surface area contributed by atoms with E-state index in [2.05, 4.69) is 0 Å². The van der Waals surface area contributed by atoms with E-state index in [1.165, 1.54) is 0 Å². The van der Waals surface area contributed by atoms with Crippen molar-refractivity contribution in [2.24, 2.45) is 0 Å². The molecule has 6 heteroatoms. The van der Waals surface area contributed by atoms with Gasteiger partial charge in [-0.05, 0) is 12.1 Å². The van der Waals surface area contributed by atoms with Gasteiger partial charge >= 0.3 is 11.9 Å². The topological polar surface area (TPSA) is 93.1 Å². The molecule has 18 heavy (non-hydrogen) atoms. The maximum Gasteiger partial charge on any atom is 0.306 e. The second-order valence-electron chi connectivity index (χ2n) is 3.46. The highest BCUT2D eigenvalue weighted by Crippen LogP contribution is 2.19. The summed E-state index contributed by atoms with van der Waals surface area (Å²) in [5.74, 6) is -0.874. The lowest BCUT2D eigenvalue weighted by molar-refractivity contribution is -0.138. The average Bonchev–Trinajstić information content (AvgIpc) is 2.28. The Morgan fingerprint density at radius 3 is 1.78 bits per heavy atom. The second kappa shape index (κ2) is 7.16. The number of hydrogen-bond donors (Lipinski definition) is 2. The second-order valence-corrected chi connectivity index (χ2v) is 3.46. The summed E-state index contributed by atoms with van der Waals surface area (Å²) < 4.78 is 10.4. The molecule has 0 bridgehead atoms. The van der Waals surface area contributed by atoms with E-state index >= 15 is 0 Å². The van der Waals surface area contributed by atoms with Crippen LogP contribution in [0.1, 0.15) is 12.8 Å². The fourth-order valence-electron chi connectivity index (χ4n) is 1.17. The molecule has 0 spiro atoms. The lowest BCUT2D eigenvalue weighted by Crippen LogP contribution is -2.06. The molecule has 98 valence electrons. The predicted octanol–water partition coefficient (Wildman–Crippen LogP) is 1.39. The smallest absolute Gasteiger partial charge is 0.306 e. The van der Waals surface area contributed by atoms with Crippen molar-refractivity contribution >= 4 is 11.9 Å². The molecule has 0 radical (unpaired) electrons. The summed E-state index contributed by atoms with van der Waals surface area (Å²) in [5.41, 5.74) is 0. The molecule has 0 heterocycles. The Kier molecular flexibility index (Phi) is 5.50. The Balaban J connectivity index is 2.41. The van der Waals surface area contributed by atoms with Gasteiger partial charge in [0, 0.05) is 6.07 Å². The SMILES string of the molecule is O=C(O)CCOc1cccc(OCCC(=O)O)c1. The van der Waals surface area contributed by atoms with E-state index in [9.17, 15) is 9.59 Å². The highest BCUT2D eigenvalue weighted by Gasteiger charge is 2.02. The normalized spacial score (nSPS) is 9.78. The molecular formula is C12H14O6. The largest absolute Gasteiger partial charge is 0.493 e. The van der Waals surface area contributed by atoms with E-state index in [-0.39, 0.29) is 26.1 Å². The summed E-state index contributed by atoms with van der Waals surface area (Å²) in [4.78, 5) is 20.6. The third-order valence-electron chi connectivity index (χ3n) is 1.97. The molecule has 0 amide bonds. The Labute approximate surface area is 104 Å². The summed E-state index contributed by atoms with van der Waals surface area (Å²) in [5, 5.41) is 16.9. The Morgan fingerprint density at radius 1 is 0.944 bits per heavy atom. The van der Waals surface area contributed by atoms with Gasteiger partial charge in [-0.2, -0.15) is 0 Å². The number of hydrogen-bond acceptors (Lipinski definition) is 4. The van der Waals surface area contributed by atoms with Crippen molar-refractivity contribution in [2.45, 2.75) is 12.8 Å². The lowest BCUT2D eigenvalue weighted by atomic mass is 10.3. The average molecular weight is 254 g/mol. The van der Waals surface area contributed by atoms with Crippen LogP contribution in [0.5, 0.6) is 11.5 Å². The van der Waals surface area contributed by atoms with Crippen molar-refractivity contribution in [3.05, 3.63) is 24.3 Å². The van der Waals surface area contributed by atoms with Crippen molar-refractivity contribution in [3.63, 3.8) is 0 Å². The lowest BCUT2D eigenvalue weighted by Gasteiger charge is -2.08. The van der Waals surface area contributed by atoms with Crippen molar-refractivity contribution < 1.29 is 29.3 Å². The number of benzene rings is 1. The van der Waals surface area contributed by atoms with Crippen LogP contribution in [-0.2, 0) is 9.59 Å². The van der Waals surface area contributed by atoms with Crippen LogP contribution >= 0.6 is 0 Å². The first-order valence-electron chi connectivity index (χ1n) is 5.37. The van der Waals surface area contributed by atoms with Gasteiger partial charge in [0.15, 0.2) is 0 Å². The van der Waals surface area contributed by atoms with Crippen LogP contribution in [-0.4, -0.2) is 35.4 Å². The van der Waals surface area contributed by atoms with Crippen LogP contribution in [0.3, 0.4) is 0 Å². The van der Waals surface area contributed by atoms with E-state index in [0.29, 0.717) is 11.5 Å². The van der Waals surface area contributed by atoms with Crippen molar-refractivity contribution in [1.82, 2.24) is 0 Å². The monoisotopic (exact) mass is 254 g/mol. The number of carboxylic acids is 2. The zero-order valence-electron chi connectivity index (χ0n) is 9.67. The minimum absolute atomic E-state index is 0.0773. The maximum absolute atomic E-state index is 10.3. The van der Waals surface area contributed by atoms with Gasteiger partial charge in [-0.3, -0.25) is 9.59 Å². The van der Waals surface area contributed by atoms with Crippen LogP contribution in [0.2, 0.25) is 0 Å². The van der Waals surface area contributed by atoms with Gasteiger partial charge in [-0.25, -0.2) is 0 Å². The Hall–Kier alpha value is -2.24. The number of rotatable bonds is 8. The molecule has 1 rings (SSSR count). The molecule has 0 saturated heterocycles. The molecule has 0 aromatic heterocycles. The molecule has 1 aromatic rings. The molecule has 0 saturated carbocycles. The Morgan fingerprint density at radius 2 is 1.39 bits per heavy atom. The van der Waals surface area contributed by atoms with E-state index in [4.69, 9.17) is 19.7 Å². The summed E-state index contributed by atoms with van der Waals surface area (Å²) in [6.07, 6.45) is -0.159. The van der Waals surface area contributed by atoms with E-state index in [1.54, 1.807) is 24.3 Å². The number of ether oxygens (including phenoxy) is 2. The maximum atomic E-state index is 10.3. The molecule has 0 aliphatic heterocycles. The number of carboxylic acid groups (broad SMARTS) is 2. The Bertz CT molecular complexity index is 380. The summed E-state index contributed by atoms with van der Waals surface area (Å²) in [6.45, 7) is 0.155. The fourth-order valence-corrected chi connectivity index (χ4v) is 1.17.